The molecule has 0 aromatic heterocycles. The lowest BCUT2D eigenvalue weighted by molar-refractivity contribution is -0.384. The van der Waals surface area contributed by atoms with Crippen molar-refractivity contribution in [1.82, 2.24) is 5.32 Å². The molecule has 1 aliphatic rings. The zero-order valence-electron chi connectivity index (χ0n) is 14.5. The number of nitro groups is 1. The Hall–Kier alpha value is -3.15. The smallest absolute Gasteiger partial charge is 0.276 e. The monoisotopic (exact) mass is 492 g/mol. The number of aliphatic imine (C=N–C) groups is 1. The van der Waals surface area contributed by atoms with Gasteiger partial charge in [-0.25, -0.2) is 9.69 Å². The van der Waals surface area contributed by atoms with Crippen molar-refractivity contribution < 1.29 is 19.3 Å². The number of barbiturate groups is 1. The summed E-state index contributed by atoms with van der Waals surface area (Å²) in [6.45, 7) is 1.70. The molecule has 1 atom stereocenters. The molecule has 2 aromatic carbocycles. The third-order valence-electron chi connectivity index (χ3n) is 4.05. The molecule has 1 saturated heterocycles. The zero-order valence-corrected chi connectivity index (χ0v) is 16.6. The molecule has 0 aliphatic carbocycles. The first-order valence-corrected chi connectivity index (χ1v) is 9.09. The molecule has 1 heterocycles. The molecule has 3 rings (SSSR count). The molecule has 0 radical (unpaired) electrons. The number of nitrogens with one attached hydrogen (secondary N) is 1. The van der Waals surface area contributed by atoms with Crippen LogP contribution in [0.25, 0.3) is 0 Å². The van der Waals surface area contributed by atoms with Crippen molar-refractivity contribution in [2.75, 3.05) is 4.90 Å². The molecule has 142 valence electrons. The van der Waals surface area contributed by atoms with E-state index in [0.29, 0.717) is 11.3 Å². The molecule has 0 saturated carbocycles. The molecule has 0 unspecified atom stereocenters. The molecule has 1 fully saturated rings. The normalized spacial score (nSPS) is 17.1. The molecule has 4 amide bonds. The number of benzene rings is 2. The van der Waals surface area contributed by atoms with E-state index in [1.165, 1.54) is 18.2 Å². The summed E-state index contributed by atoms with van der Waals surface area (Å²) >= 11 is 2.09. The summed E-state index contributed by atoms with van der Waals surface area (Å²) in [4.78, 5) is 52.4. The van der Waals surface area contributed by atoms with Crippen LogP contribution in [0.15, 0.2) is 47.5 Å². The summed E-state index contributed by atoms with van der Waals surface area (Å²) < 4.78 is 0.918. The highest BCUT2D eigenvalue weighted by Crippen LogP contribution is 2.26. The van der Waals surface area contributed by atoms with Gasteiger partial charge in [-0.15, -0.1) is 0 Å². The van der Waals surface area contributed by atoms with E-state index in [4.69, 9.17) is 0 Å². The van der Waals surface area contributed by atoms with Gasteiger partial charge in [-0.2, -0.15) is 0 Å². The standard InChI is InChI=1S/C18H13IN4O5/c1-10-2-5-13(23(27)28)8-15(10)20-9-14-16(24)21-18(26)22(17(14)25)12-6-3-11(19)4-7-12/h2-9,14H,1H3,(H,21,24,26)/t14-/m1/s1. The van der Waals surface area contributed by atoms with Crippen molar-refractivity contribution in [3.8, 4) is 0 Å². The lowest BCUT2D eigenvalue weighted by Gasteiger charge is -2.28. The predicted octanol–water partition coefficient (Wildman–Crippen LogP) is 3.11. The molecule has 1 aliphatic heterocycles. The second kappa shape index (κ2) is 7.84. The number of aryl methyl sites for hydroxylation is 1. The Balaban J connectivity index is 1.92. The van der Waals surface area contributed by atoms with Crippen LogP contribution in [0.1, 0.15) is 5.56 Å². The highest BCUT2D eigenvalue weighted by molar-refractivity contribution is 14.1. The summed E-state index contributed by atoms with van der Waals surface area (Å²) in [5.74, 6) is -2.89. The van der Waals surface area contributed by atoms with Gasteiger partial charge >= 0.3 is 6.03 Å². The third kappa shape index (κ3) is 3.91. The number of urea groups is 1. The fraction of sp³-hybridized carbons (Fsp3) is 0.111. The van der Waals surface area contributed by atoms with Crippen molar-refractivity contribution in [2.45, 2.75) is 6.92 Å². The van der Waals surface area contributed by atoms with E-state index in [1.54, 1.807) is 31.2 Å². The number of carbonyl (C=O) groups excluding carboxylic acids is 3. The Labute approximate surface area is 172 Å². The molecule has 2 aromatic rings. The number of nitro benzene ring substituents is 1. The fourth-order valence-electron chi connectivity index (χ4n) is 2.56. The summed E-state index contributed by atoms with van der Waals surface area (Å²) in [6, 6.07) is 9.90. The van der Waals surface area contributed by atoms with Crippen molar-refractivity contribution in [3.05, 3.63) is 61.7 Å². The average molecular weight is 492 g/mol. The Kier molecular flexibility index (Phi) is 5.49. The lowest BCUT2D eigenvalue weighted by Crippen LogP contribution is -2.58. The predicted molar refractivity (Wildman–Crippen MR) is 110 cm³/mol. The van der Waals surface area contributed by atoms with Gasteiger partial charge in [0.25, 0.3) is 11.6 Å². The summed E-state index contributed by atoms with van der Waals surface area (Å²) in [6.07, 6.45) is 1.09. The first-order valence-electron chi connectivity index (χ1n) is 8.01. The van der Waals surface area contributed by atoms with E-state index in [9.17, 15) is 24.5 Å². The van der Waals surface area contributed by atoms with Crippen molar-refractivity contribution in [1.29, 1.82) is 0 Å². The number of anilines is 1. The van der Waals surface area contributed by atoms with Gasteiger partial charge < -0.3 is 0 Å². The molecule has 28 heavy (non-hydrogen) atoms. The van der Waals surface area contributed by atoms with Crippen LogP contribution in [0, 0.1) is 26.5 Å². The number of nitrogens with zero attached hydrogens (tertiary/aromatic N) is 3. The van der Waals surface area contributed by atoms with E-state index >= 15 is 0 Å². The highest BCUT2D eigenvalue weighted by atomic mass is 127. The maximum atomic E-state index is 12.8. The lowest BCUT2D eigenvalue weighted by atomic mass is 10.1. The first-order chi connectivity index (χ1) is 13.3. The van der Waals surface area contributed by atoms with Gasteiger partial charge in [0.05, 0.1) is 16.3 Å². The zero-order chi connectivity index (χ0) is 20.4. The number of halogens is 1. The van der Waals surface area contributed by atoms with Crippen LogP contribution in [0.3, 0.4) is 0 Å². The van der Waals surface area contributed by atoms with Crippen LogP contribution in [-0.4, -0.2) is 29.0 Å². The minimum Gasteiger partial charge on any atom is -0.276 e. The Morgan fingerprint density at radius 2 is 1.86 bits per heavy atom. The van der Waals surface area contributed by atoms with Crippen molar-refractivity contribution in [2.24, 2.45) is 10.9 Å². The summed E-state index contributed by atoms with van der Waals surface area (Å²) in [7, 11) is 0. The molecule has 0 spiro atoms. The van der Waals surface area contributed by atoms with E-state index in [-0.39, 0.29) is 11.4 Å². The number of imide groups is 2. The van der Waals surface area contributed by atoms with Crippen LogP contribution in [0.5, 0.6) is 0 Å². The second-order valence-corrected chi connectivity index (χ2v) is 7.17. The van der Waals surface area contributed by atoms with Gasteiger partial charge in [-0.1, -0.05) is 6.07 Å². The Bertz CT molecular complexity index is 1020. The second-order valence-electron chi connectivity index (χ2n) is 5.93. The largest absolute Gasteiger partial charge is 0.335 e. The summed E-state index contributed by atoms with van der Waals surface area (Å²) in [5, 5.41) is 13.1. The van der Waals surface area contributed by atoms with E-state index in [0.717, 1.165) is 14.7 Å². The molecular weight excluding hydrogens is 479 g/mol. The van der Waals surface area contributed by atoms with Crippen LogP contribution in [0.2, 0.25) is 0 Å². The Morgan fingerprint density at radius 1 is 1.18 bits per heavy atom. The minimum atomic E-state index is -1.34. The first kappa shape index (κ1) is 19.6. The van der Waals surface area contributed by atoms with Crippen LogP contribution < -0.4 is 10.2 Å². The SMILES string of the molecule is Cc1ccc([N+](=O)[O-])cc1N=C[C@@H]1C(=O)NC(=O)N(c2ccc(I)cc2)C1=O. The van der Waals surface area contributed by atoms with E-state index in [2.05, 4.69) is 32.9 Å². The molecular formula is C18H13IN4O5. The molecule has 9 nitrogen and oxygen atoms in total. The van der Waals surface area contributed by atoms with Crippen molar-refractivity contribution in [3.63, 3.8) is 0 Å². The van der Waals surface area contributed by atoms with Crippen molar-refractivity contribution >= 4 is 63.7 Å². The van der Waals surface area contributed by atoms with Gasteiger partial charge in [0, 0.05) is 21.9 Å². The number of hydrogen-bond acceptors (Lipinski definition) is 6. The average Bonchev–Trinajstić information content (AvgIpc) is 2.64. The van der Waals surface area contributed by atoms with E-state index < -0.39 is 28.7 Å². The van der Waals surface area contributed by atoms with Gasteiger partial charge in [0.1, 0.15) is 0 Å². The fourth-order valence-corrected chi connectivity index (χ4v) is 2.92. The van der Waals surface area contributed by atoms with Gasteiger partial charge in [0.15, 0.2) is 5.92 Å². The van der Waals surface area contributed by atoms with Crippen LogP contribution in [-0.2, 0) is 9.59 Å². The Morgan fingerprint density at radius 3 is 2.50 bits per heavy atom. The topological polar surface area (TPSA) is 122 Å². The maximum Gasteiger partial charge on any atom is 0.335 e. The molecule has 1 N–H and O–H groups in total. The highest BCUT2D eigenvalue weighted by Gasteiger charge is 2.40. The van der Waals surface area contributed by atoms with E-state index in [1.807, 2.05) is 0 Å². The van der Waals surface area contributed by atoms with Crippen LogP contribution in [0.4, 0.5) is 21.9 Å². The number of rotatable bonds is 4. The van der Waals surface area contributed by atoms with Gasteiger partial charge in [-0.3, -0.25) is 30.0 Å². The summed E-state index contributed by atoms with van der Waals surface area (Å²) in [5.41, 5.74) is 1.05. The number of non-ortho nitro benzene ring substituents is 1. The maximum absolute atomic E-state index is 12.8. The van der Waals surface area contributed by atoms with Gasteiger partial charge in [0.2, 0.25) is 5.91 Å². The molecule has 0 bridgehead atoms. The quantitative estimate of drug-likeness (QED) is 0.231. The molecule has 10 heteroatoms. The van der Waals surface area contributed by atoms with Crippen LogP contribution >= 0.6 is 22.6 Å². The van der Waals surface area contributed by atoms with Gasteiger partial charge in [-0.05, 0) is 59.3 Å². The minimum absolute atomic E-state index is 0.159. The number of carbonyl (C=O) groups is 3. The third-order valence-corrected chi connectivity index (χ3v) is 4.77. The number of amides is 4. The number of hydrogen-bond donors (Lipinski definition) is 1.